The maximum absolute atomic E-state index is 12.7. The van der Waals surface area contributed by atoms with E-state index in [1.54, 1.807) is 16.8 Å². The third-order valence-corrected chi connectivity index (χ3v) is 6.60. The van der Waals surface area contributed by atoms with E-state index in [1.165, 1.54) is 12.5 Å². The lowest BCUT2D eigenvalue weighted by Crippen LogP contribution is -2.17. The maximum atomic E-state index is 12.7. The van der Waals surface area contributed by atoms with Gasteiger partial charge in [0, 0.05) is 42.0 Å². The molecule has 3 aromatic heterocycles. The van der Waals surface area contributed by atoms with Crippen LogP contribution in [0.15, 0.2) is 61.2 Å². The summed E-state index contributed by atoms with van der Waals surface area (Å²) in [5, 5.41) is 21.1. The van der Waals surface area contributed by atoms with Gasteiger partial charge in [-0.3, -0.25) is 9.78 Å². The Hall–Kier alpha value is -5.21. The lowest BCUT2D eigenvalue weighted by Gasteiger charge is -2.17. The number of carbonyl (C=O) groups is 1. The largest absolute Gasteiger partial charge is 0.492 e. The smallest absolute Gasteiger partial charge is 0.224 e. The highest BCUT2D eigenvalue weighted by Crippen LogP contribution is 2.37. The Balaban J connectivity index is 1.44. The first kappa shape index (κ1) is 28.3. The van der Waals surface area contributed by atoms with Gasteiger partial charge in [0.2, 0.25) is 5.91 Å². The summed E-state index contributed by atoms with van der Waals surface area (Å²) in [7, 11) is 3.95. The third kappa shape index (κ3) is 6.40. The second-order valence-electron chi connectivity index (χ2n) is 10.0. The van der Waals surface area contributed by atoms with Crippen molar-refractivity contribution in [1.29, 1.82) is 5.26 Å². The molecule has 0 atom stereocenters. The van der Waals surface area contributed by atoms with E-state index in [9.17, 15) is 10.1 Å². The van der Waals surface area contributed by atoms with E-state index in [1.807, 2.05) is 69.2 Å². The van der Waals surface area contributed by atoms with Crippen LogP contribution < -0.4 is 20.1 Å². The van der Waals surface area contributed by atoms with Crippen molar-refractivity contribution in [3.63, 3.8) is 0 Å². The van der Waals surface area contributed by atoms with Crippen LogP contribution in [0.5, 0.6) is 17.2 Å². The predicted octanol–water partition coefficient (Wildman–Crippen LogP) is 5.67. The normalized spacial score (nSPS) is 11.0. The molecule has 0 aliphatic heterocycles. The fourth-order valence-electron chi connectivity index (χ4n) is 4.55. The van der Waals surface area contributed by atoms with E-state index in [2.05, 4.69) is 31.8 Å². The standard InChI is InChI=1S/C31H32N8O3/c1-5-41-28-16-25-24(15-26(28)37-30(40)7-6-11-38(3)4)31(21(17-32)18-33-25)36-22-8-9-27(20(2)13-22)42-23-10-12-39-29(14-23)34-19-35-39/h8-10,12-16,18-19H,5-7,11H2,1-4H3,(H,33,36)(H,37,40). The molecule has 0 saturated heterocycles. The van der Waals surface area contributed by atoms with Gasteiger partial charge in [0.1, 0.15) is 29.6 Å². The Morgan fingerprint density at radius 2 is 1.98 bits per heavy atom. The van der Waals surface area contributed by atoms with Gasteiger partial charge in [-0.2, -0.15) is 10.4 Å². The lowest BCUT2D eigenvalue weighted by molar-refractivity contribution is -0.116. The number of benzene rings is 2. The summed E-state index contributed by atoms with van der Waals surface area (Å²) in [6, 6.07) is 15.2. The number of nitriles is 1. The number of nitrogens with zero attached hydrogens (tertiary/aromatic N) is 6. The van der Waals surface area contributed by atoms with Gasteiger partial charge in [0.05, 0.1) is 29.1 Å². The first-order valence-corrected chi connectivity index (χ1v) is 13.6. The number of aromatic nitrogens is 4. The van der Waals surface area contributed by atoms with Gasteiger partial charge < -0.3 is 25.0 Å². The van der Waals surface area contributed by atoms with Gasteiger partial charge in [0.25, 0.3) is 0 Å². The first-order chi connectivity index (χ1) is 20.3. The van der Waals surface area contributed by atoms with Crippen molar-refractivity contribution in [2.24, 2.45) is 0 Å². The fraction of sp³-hybridized carbons (Fsp3) is 0.258. The zero-order valence-corrected chi connectivity index (χ0v) is 24.0. The molecule has 0 spiro atoms. The molecule has 0 fully saturated rings. The topological polar surface area (TPSA) is 130 Å². The van der Waals surface area contributed by atoms with Crippen LogP contribution in [0.25, 0.3) is 16.6 Å². The number of ether oxygens (including phenoxy) is 2. The molecule has 0 saturated carbocycles. The van der Waals surface area contributed by atoms with E-state index in [-0.39, 0.29) is 5.91 Å². The number of amides is 1. The van der Waals surface area contributed by atoms with Crippen LogP contribution in [0.2, 0.25) is 0 Å². The van der Waals surface area contributed by atoms with E-state index < -0.39 is 0 Å². The Kier molecular flexibility index (Phi) is 8.45. The molecule has 0 radical (unpaired) electrons. The number of carbonyl (C=O) groups excluding carboxylic acids is 1. The summed E-state index contributed by atoms with van der Waals surface area (Å²) in [4.78, 5) is 23.5. The molecule has 0 aliphatic rings. The molecule has 2 N–H and O–H groups in total. The monoisotopic (exact) mass is 564 g/mol. The van der Waals surface area contributed by atoms with Crippen LogP contribution in [0, 0.1) is 18.3 Å². The number of hydrogen-bond donors (Lipinski definition) is 2. The molecule has 11 heteroatoms. The summed E-state index contributed by atoms with van der Waals surface area (Å²) in [5.41, 5.74) is 4.46. The Bertz CT molecular complexity index is 1790. The van der Waals surface area contributed by atoms with Crippen LogP contribution in [-0.4, -0.2) is 57.6 Å². The van der Waals surface area contributed by atoms with Crippen molar-refractivity contribution in [3.05, 3.63) is 72.3 Å². The molecular weight excluding hydrogens is 532 g/mol. The average molecular weight is 565 g/mol. The fourth-order valence-corrected chi connectivity index (χ4v) is 4.55. The third-order valence-electron chi connectivity index (χ3n) is 6.60. The number of nitrogens with one attached hydrogen (secondary N) is 2. The molecule has 2 aromatic carbocycles. The number of aryl methyl sites for hydroxylation is 1. The van der Waals surface area contributed by atoms with Gasteiger partial charge in [-0.1, -0.05) is 0 Å². The molecule has 0 unspecified atom stereocenters. The highest BCUT2D eigenvalue weighted by atomic mass is 16.5. The van der Waals surface area contributed by atoms with Crippen molar-refractivity contribution < 1.29 is 14.3 Å². The summed E-state index contributed by atoms with van der Waals surface area (Å²) < 4.78 is 13.6. The van der Waals surface area contributed by atoms with Gasteiger partial charge in [0.15, 0.2) is 5.65 Å². The Morgan fingerprint density at radius 1 is 1.12 bits per heavy atom. The van der Waals surface area contributed by atoms with E-state index >= 15 is 0 Å². The van der Waals surface area contributed by atoms with Crippen LogP contribution in [0.1, 0.15) is 30.9 Å². The molecule has 214 valence electrons. The van der Waals surface area contributed by atoms with Gasteiger partial charge >= 0.3 is 0 Å². The summed E-state index contributed by atoms with van der Waals surface area (Å²) in [6.07, 6.45) is 5.93. The molecule has 5 rings (SSSR count). The quantitative estimate of drug-likeness (QED) is 0.208. The maximum Gasteiger partial charge on any atom is 0.224 e. The van der Waals surface area contributed by atoms with Crippen molar-refractivity contribution >= 4 is 39.5 Å². The molecule has 0 aliphatic carbocycles. The SMILES string of the molecule is CCOc1cc2ncc(C#N)c(Nc3ccc(Oc4ccn5ncnc5c4)c(C)c3)c2cc1NC(=O)CCCN(C)C. The Morgan fingerprint density at radius 3 is 2.74 bits per heavy atom. The minimum atomic E-state index is -0.106. The zero-order chi connectivity index (χ0) is 29.6. The van der Waals surface area contributed by atoms with Crippen molar-refractivity contribution in [2.45, 2.75) is 26.7 Å². The summed E-state index contributed by atoms with van der Waals surface area (Å²) >= 11 is 0. The zero-order valence-electron chi connectivity index (χ0n) is 24.0. The van der Waals surface area contributed by atoms with E-state index in [0.29, 0.717) is 63.8 Å². The lowest BCUT2D eigenvalue weighted by atomic mass is 10.1. The first-order valence-electron chi connectivity index (χ1n) is 13.6. The van der Waals surface area contributed by atoms with Gasteiger partial charge in [-0.15, -0.1) is 0 Å². The minimum absolute atomic E-state index is 0.106. The second kappa shape index (κ2) is 12.5. The van der Waals surface area contributed by atoms with Crippen molar-refractivity contribution in [3.8, 4) is 23.3 Å². The van der Waals surface area contributed by atoms with Crippen LogP contribution in [0.4, 0.5) is 17.1 Å². The molecule has 0 bridgehead atoms. The average Bonchev–Trinajstić information content (AvgIpc) is 3.43. The highest BCUT2D eigenvalue weighted by molar-refractivity contribution is 6.02. The molecule has 11 nitrogen and oxygen atoms in total. The van der Waals surface area contributed by atoms with E-state index in [0.717, 1.165) is 24.2 Å². The number of pyridine rings is 2. The molecule has 3 heterocycles. The van der Waals surface area contributed by atoms with E-state index in [4.69, 9.17) is 9.47 Å². The van der Waals surface area contributed by atoms with Crippen LogP contribution in [0.3, 0.4) is 0 Å². The van der Waals surface area contributed by atoms with Gasteiger partial charge in [-0.25, -0.2) is 9.50 Å². The second-order valence-corrected chi connectivity index (χ2v) is 10.0. The number of rotatable bonds is 11. The molecule has 1 amide bonds. The van der Waals surface area contributed by atoms with Crippen molar-refractivity contribution in [2.75, 3.05) is 37.9 Å². The number of fused-ring (bicyclic) bond motifs is 2. The van der Waals surface area contributed by atoms with Crippen LogP contribution >= 0.6 is 0 Å². The molecular formula is C31H32N8O3. The van der Waals surface area contributed by atoms with Crippen LogP contribution in [-0.2, 0) is 4.79 Å². The predicted molar refractivity (Wildman–Crippen MR) is 162 cm³/mol. The Labute approximate surface area is 243 Å². The number of anilines is 3. The molecule has 5 aromatic rings. The minimum Gasteiger partial charge on any atom is -0.492 e. The summed E-state index contributed by atoms with van der Waals surface area (Å²) in [5.74, 6) is 1.75. The molecule has 42 heavy (non-hydrogen) atoms. The van der Waals surface area contributed by atoms with Crippen molar-refractivity contribution in [1.82, 2.24) is 24.5 Å². The highest BCUT2D eigenvalue weighted by Gasteiger charge is 2.16. The van der Waals surface area contributed by atoms with Gasteiger partial charge in [-0.05, 0) is 76.8 Å². The summed E-state index contributed by atoms with van der Waals surface area (Å²) in [6.45, 7) is 5.07. The number of hydrogen-bond acceptors (Lipinski definition) is 9.